The van der Waals surface area contributed by atoms with E-state index in [2.05, 4.69) is 15.0 Å². The van der Waals surface area contributed by atoms with Crippen LogP contribution in [0.5, 0.6) is 6.01 Å². The second-order valence-corrected chi connectivity index (χ2v) is 6.11. The summed E-state index contributed by atoms with van der Waals surface area (Å²) in [7, 11) is 5.19. The van der Waals surface area contributed by atoms with E-state index in [4.69, 9.17) is 9.47 Å². The van der Waals surface area contributed by atoms with Gasteiger partial charge in [-0.3, -0.25) is 14.2 Å². The second-order valence-electron chi connectivity index (χ2n) is 6.11. The average Bonchev–Trinajstić information content (AvgIpc) is 2.67. The van der Waals surface area contributed by atoms with Gasteiger partial charge in [0.1, 0.15) is 13.1 Å². The van der Waals surface area contributed by atoms with Gasteiger partial charge in [0.2, 0.25) is 5.95 Å². The highest BCUT2D eigenvalue weighted by atomic mass is 16.5. The van der Waals surface area contributed by atoms with Crippen LogP contribution in [0.1, 0.15) is 10.4 Å². The minimum atomic E-state index is -0.190. The van der Waals surface area contributed by atoms with Gasteiger partial charge < -0.3 is 9.47 Å². The highest BCUT2D eigenvalue weighted by Crippen LogP contribution is 2.23. The number of anilines is 1. The zero-order chi connectivity index (χ0) is 17.9. The number of hydrogen-bond donors (Lipinski definition) is 0. The molecule has 0 aliphatic carbocycles. The Morgan fingerprint density at radius 2 is 1.84 bits per heavy atom. The molecule has 1 amide bonds. The van der Waals surface area contributed by atoms with Crippen LogP contribution in [0.3, 0.4) is 0 Å². The minimum Gasteiger partial charge on any atom is -0.467 e. The highest BCUT2D eigenvalue weighted by molar-refractivity contribution is 6.04. The lowest BCUT2D eigenvalue weighted by atomic mass is 10.2. The van der Waals surface area contributed by atoms with Crippen molar-refractivity contribution in [1.82, 2.24) is 19.4 Å². The number of ether oxygens (including phenoxy) is 2. The number of hydrogen-bond acceptors (Lipinski definition) is 6. The maximum absolute atomic E-state index is 12.7. The Morgan fingerprint density at radius 1 is 1.16 bits per heavy atom. The maximum Gasteiger partial charge on any atom is 0.336 e. The summed E-state index contributed by atoms with van der Waals surface area (Å²) in [5.74, 6) is 0.642. The number of likely N-dealkylation sites (N-methyl/N-ethyl adjacent to an activating group) is 1. The first kappa shape index (κ1) is 17.2. The number of methoxy groups -OCH3 is 1. The molecule has 0 atom stereocenters. The summed E-state index contributed by atoms with van der Waals surface area (Å²) in [4.78, 5) is 27.3. The van der Waals surface area contributed by atoms with E-state index in [1.807, 2.05) is 25.2 Å². The number of amides is 1. The third-order valence-corrected chi connectivity index (χ3v) is 4.34. The quantitative estimate of drug-likeness (QED) is 0.774. The average molecular weight is 344 g/mol. The summed E-state index contributed by atoms with van der Waals surface area (Å²) in [5.41, 5.74) is 0.567. The fourth-order valence-electron chi connectivity index (χ4n) is 2.63. The lowest BCUT2D eigenvalue weighted by Crippen LogP contribution is -2.54. The molecular weight excluding hydrogens is 322 g/mol. The maximum atomic E-state index is 12.7. The predicted octanol–water partition coefficient (Wildman–Crippen LogP) is 1.12. The van der Waals surface area contributed by atoms with Gasteiger partial charge in [-0.05, 0) is 12.1 Å². The monoisotopic (exact) mass is 344 g/mol. The molecule has 0 radical (unpaired) electrons. The van der Waals surface area contributed by atoms with Crippen molar-refractivity contribution in [2.75, 3.05) is 52.4 Å². The zero-order valence-electron chi connectivity index (χ0n) is 14.7. The highest BCUT2D eigenvalue weighted by Gasteiger charge is 2.33. The van der Waals surface area contributed by atoms with Crippen molar-refractivity contribution in [3.63, 3.8) is 0 Å². The lowest BCUT2D eigenvalue weighted by molar-refractivity contribution is 0.0493. The molecule has 1 fully saturated rings. The molecule has 8 heteroatoms. The van der Waals surface area contributed by atoms with Gasteiger partial charge in [-0.25, -0.2) is 0 Å². The smallest absolute Gasteiger partial charge is 0.336 e. The normalized spacial score (nSPS) is 16.3. The van der Waals surface area contributed by atoms with Crippen LogP contribution in [0.25, 0.3) is 0 Å². The van der Waals surface area contributed by atoms with E-state index in [-0.39, 0.29) is 17.9 Å². The summed E-state index contributed by atoms with van der Waals surface area (Å²) in [6.45, 7) is 2.78. The Hall–Kier alpha value is -2.58. The van der Waals surface area contributed by atoms with Crippen molar-refractivity contribution >= 4 is 17.8 Å². The molecule has 25 heavy (non-hydrogen) atoms. The molecule has 1 aromatic heterocycles. The van der Waals surface area contributed by atoms with Gasteiger partial charge in [-0.2, -0.15) is 4.98 Å². The number of aromatic nitrogens is 3. The summed E-state index contributed by atoms with van der Waals surface area (Å²) in [5, 5.41) is 0. The summed E-state index contributed by atoms with van der Waals surface area (Å²) in [6, 6.07) is 9.21. The molecule has 0 unspecified atom stereocenters. The van der Waals surface area contributed by atoms with Crippen LogP contribution in [0.2, 0.25) is 0 Å². The van der Waals surface area contributed by atoms with Crippen molar-refractivity contribution < 1.29 is 14.3 Å². The molecule has 0 bridgehead atoms. The Bertz CT molecular complexity index is 747. The fraction of sp³-hybridized carbons (Fsp3) is 0.412. The van der Waals surface area contributed by atoms with Gasteiger partial charge in [0.05, 0.1) is 27.4 Å². The number of benzene rings is 1. The van der Waals surface area contributed by atoms with Crippen LogP contribution in [-0.4, -0.2) is 68.4 Å². The molecule has 2 aromatic rings. The first-order valence-corrected chi connectivity index (χ1v) is 8.09. The molecule has 1 saturated heterocycles. The van der Waals surface area contributed by atoms with Crippen LogP contribution in [0.4, 0.5) is 11.9 Å². The number of nitrogens with zero attached hydrogens (tertiary/aromatic N) is 5. The summed E-state index contributed by atoms with van der Waals surface area (Å²) in [6.07, 6.45) is 0. The molecule has 3 rings (SSSR count). The molecule has 8 nitrogen and oxygen atoms in total. The van der Waals surface area contributed by atoms with Crippen LogP contribution in [-0.2, 0) is 4.74 Å². The van der Waals surface area contributed by atoms with E-state index < -0.39 is 0 Å². The van der Waals surface area contributed by atoms with E-state index in [0.29, 0.717) is 29.2 Å². The molecule has 0 spiro atoms. The lowest BCUT2D eigenvalue weighted by Gasteiger charge is -2.34. The Kier molecular flexibility index (Phi) is 4.91. The Balaban J connectivity index is 1.95. The minimum absolute atomic E-state index is 0.190. The van der Waals surface area contributed by atoms with Gasteiger partial charge in [0.15, 0.2) is 0 Å². The first-order chi connectivity index (χ1) is 12.0. The fourth-order valence-corrected chi connectivity index (χ4v) is 2.63. The van der Waals surface area contributed by atoms with E-state index >= 15 is 0 Å². The van der Waals surface area contributed by atoms with Gasteiger partial charge in [0.25, 0.3) is 5.91 Å². The van der Waals surface area contributed by atoms with Gasteiger partial charge in [-0.1, -0.05) is 18.2 Å². The van der Waals surface area contributed by atoms with E-state index in [1.165, 1.54) is 12.0 Å². The first-order valence-electron chi connectivity index (χ1n) is 8.09. The second kappa shape index (κ2) is 7.12. The number of rotatable bonds is 4. The van der Waals surface area contributed by atoms with Gasteiger partial charge in [0, 0.05) is 12.6 Å². The van der Waals surface area contributed by atoms with Crippen LogP contribution in [0.15, 0.2) is 30.3 Å². The largest absolute Gasteiger partial charge is 0.467 e. The summed E-state index contributed by atoms with van der Waals surface area (Å²) >= 11 is 0. The van der Waals surface area contributed by atoms with Crippen LogP contribution >= 0.6 is 0 Å². The molecule has 1 aliphatic rings. The molecule has 1 aliphatic heterocycles. The molecule has 1 aromatic carbocycles. The van der Waals surface area contributed by atoms with Crippen molar-refractivity contribution in [3.8, 4) is 6.01 Å². The molecule has 0 N–H and O–H groups in total. The van der Waals surface area contributed by atoms with Crippen molar-refractivity contribution in [3.05, 3.63) is 35.9 Å². The van der Waals surface area contributed by atoms with Gasteiger partial charge >= 0.3 is 12.0 Å². The number of carbonyl (C=O) groups is 1. The predicted molar refractivity (Wildman–Crippen MR) is 93.8 cm³/mol. The third kappa shape index (κ3) is 3.59. The van der Waals surface area contributed by atoms with Crippen LogP contribution < -0.4 is 14.1 Å². The molecule has 2 heterocycles. The van der Waals surface area contributed by atoms with Crippen molar-refractivity contribution in [1.29, 1.82) is 0 Å². The van der Waals surface area contributed by atoms with Crippen molar-refractivity contribution in [2.24, 2.45) is 0 Å². The topological polar surface area (TPSA) is 77.4 Å². The van der Waals surface area contributed by atoms with E-state index in [0.717, 1.165) is 13.1 Å². The molecular formula is C17H22N5O3+. The Morgan fingerprint density at radius 3 is 2.48 bits per heavy atom. The van der Waals surface area contributed by atoms with Gasteiger partial charge in [-0.15, -0.1) is 9.97 Å². The third-order valence-electron chi connectivity index (χ3n) is 4.34. The van der Waals surface area contributed by atoms with E-state index in [9.17, 15) is 4.79 Å². The SMILES string of the molecule is COc1nc(N(C)C(=O)c2ccccc2)nc([N+]2(C)CCOCC2)n1. The van der Waals surface area contributed by atoms with Crippen LogP contribution in [0, 0.1) is 0 Å². The van der Waals surface area contributed by atoms with E-state index in [1.54, 1.807) is 19.2 Å². The summed E-state index contributed by atoms with van der Waals surface area (Å²) < 4.78 is 11.2. The van der Waals surface area contributed by atoms with Crippen molar-refractivity contribution in [2.45, 2.75) is 0 Å². The standard InChI is InChI=1S/C17H22N5O3/c1-21(14(23)13-7-5-4-6-8-13)15-18-16(20-17(19-15)24-3)22(2)9-11-25-12-10-22/h4-8H,9-12H2,1-3H3/q+1. The Labute approximate surface area is 146 Å². The molecule has 132 valence electrons. The number of morpholine rings is 1. The number of quaternary nitrogens is 1. The molecule has 0 saturated carbocycles. The zero-order valence-corrected chi connectivity index (χ0v) is 14.7. The number of carbonyl (C=O) groups excluding carboxylic acids is 1.